The van der Waals surface area contributed by atoms with Crippen LogP contribution >= 0.6 is 0 Å². The second-order valence-corrected chi connectivity index (χ2v) is 7.89. The zero-order valence-corrected chi connectivity index (χ0v) is 19.2. The van der Waals surface area contributed by atoms with E-state index in [2.05, 4.69) is 13.8 Å². The molecule has 0 bridgehead atoms. The van der Waals surface area contributed by atoms with Gasteiger partial charge in [0, 0.05) is 0 Å². The molecule has 170 valence electrons. The highest BCUT2D eigenvalue weighted by Gasteiger charge is 2.12. The van der Waals surface area contributed by atoms with Crippen molar-refractivity contribution in [2.45, 2.75) is 78.1 Å². The Morgan fingerprint density at radius 2 is 1.19 bits per heavy atom. The fourth-order valence-electron chi connectivity index (χ4n) is 3.28. The van der Waals surface area contributed by atoms with Crippen molar-refractivity contribution in [1.29, 1.82) is 0 Å². The number of hydrogen-bond acceptors (Lipinski definition) is 4. The molecule has 0 amide bonds. The van der Waals surface area contributed by atoms with Gasteiger partial charge in [0.2, 0.25) is 0 Å². The number of para-hydroxylation sites is 2. The number of carbonyl (C=O) groups is 1. The van der Waals surface area contributed by atoms with Crippen LogP contribution in [0.4, 0.5) is 0 Å². The summed E-state index contributed by atoms with van der Waals surface area (Å²) >= 11 is 0. The topological polar surface area (TPSA) is 44.8 Å². The molecular formula is C27H38O4. The van der Waals surface area contributed by atoms with Gasteiger partial charge in [-0.2, -0.15) is 0 Å². The van der Waals surface area contributed by atoms with Gasteiger partial charge in [0.15, 0.2) is 11.5 Å². The Bertz CT molecular complexity index is 739. The number of unbranched alkanes of at least 4 members (excludes halogenated alkanes) is 8. The Balaban J connectivity index is 1.78. The first-order chi connectivity index (χ1) is 15.2. The summed E-state index contributed by atoms with van der Waals surface area (Å²) in [5.74, 6) is 1.43. The maximum atomic E-state index is 12.6. The Hall–Kier alpha value is -2.49. The molecule has 0 heterocycles. The lowest BCUT2D eigenvalue weighted by molar-refractivity contribution is 0.0728. The molecule has 31 heavy (non-hydrogen) atoms. The minimum Gasteiger partial charge on any atom is -0.494 e. The van der Waals surface area contributed by atoms with Crippen molar-refractivity contribution in [2.24, 2.45) is 0 Å². The molecule has 0 N–H and O–H groups in total. The van der Waals surface area contributed by atoms with Gasteiger partial charge in [-0.3, -0.25) is 0 Å². The quantitative estimate of drug-likeness (QED) is 0.157. The Morgan fingerprint density at radius 1 is 0.645 bits per heavy atom. The summed E-state index contributed by atoms with van der Waals surface area (Å²) in [5.41, 5.74) is 0.490. The summed E-state index contributed by atoms with van der Waals surface area (Å²) in [5, 5.41) is 0. The molecule has 2 aromatic carbocycles. The van der Waals surface area contributed by atoms with Crippen LogP contribution in [0.1, 0.15) is 88.4 Å². The Labute approximate surface area is 187 Å². The highest BCUT2D eigenvalue weighted by molar-refractivity contribution is 5.91. The van der Waals surface area contributed by atoms with Gasteiger partial charge in [-0.05, 0) is 49.2 Å². The van der Waals surface area contributed by atoms with Gasteiger partial charge in [0.05, 0.1) is 18.8 Å². The van der Waals surface area contributed by atoms with E-state index in [1.54, 1.807) is 18.2 Å². The standard InChI is InChI=1S/C27H38O4/c1-3-5-7-9-10-14-21-29-24-19-17-23(18-20-24)27(28)31-26-16-12-11-15-25(26)30-22-13-8-6-4-2/h11-12,15-20H,3-10,13-14,21-22H2,1-2H3. The van der Waals surface area contributed by atoms with Crippen molar-refractivity contribution in [1.82, 2.24) is 0 Å². The van der Waals surface area contributed by atoms with Crippen LogP contribution in [0.5, 0.6) is 17.2 Å². The summed E-state index contributed by atoms with van der Waals surface area (Å²) in [6.45, 7) is 5.74. The zero-order chi connectivity index (χ0) is 22.2. The summed E-state index contributed by atoms with van der Waals surface area (Å²) in [4.78, 5) is 12.6. The van der Waals surface area contributed by atoms with Gasteiger partial charge < -0.3 is 14.2 Å². The molecule has 4 heteroatoms. The smallest absolute Gasteiger partial charge is 0.343 e. The molecule has 0 aliphatic rings. The number of carbonyl (C=O) groups excluding carboxylic acids is 1. The van der Waals surface area contributed by atoms with Crippen molar-refractivity contribution in [3.8, 4) is 17.2 Å². The molecule has 2 aromatic rings. The normalized spacial score (nSPS) is 10.6. The molecule has 0 aliphatic carbocycles. The first-order valence-corrected chi connectivity index (χ1v) is 11.9. The number of rotatable bonds is 16. The van der Waals surface area contributed by atoms with Crippen molar-refractivity contribution >= 4 is 5.97 Å². The highest BCUT2D eigenvalue weighted by Crippen LogP contribution is 2.28. The number of ether oxygens (including phenoxy) is 3. The minimum atomic E-state index is -0.399. The first-order valence-electron chi connectivity index (χ1n) is 11.9. The minimum absolute atomic E-state index is 0.399. The predicted molar refractivity (Wildman–Crippen MR) is 126 cm³/mol. The van der Waals surface area contributed by atoms with Crippen molar-refractivity contribution < 1.29 is 19.0 Å². The van der Waals surface area contributed by atoms with Gasteiger partial charge >= 0.3 is 5.97 Å². The molecule has 4 nitrogen and oxygen atoms in total. The summed E-state index contributed by atoms with van der Waals surface area (Å²) in [7, 11) is 0. The Morgan fingerprint density at radius 3 is 1.87 bits per heavy atom. The highest BCUT2D eigenvalue weighted by atomic mass is 16.6. The lowest BCUT2D eigenvalue weighted by atomic mass is 10.1. The first kappa shape index (κ1) is 24.8. The largest absolute Gasteiger partial charge is 0.494 e. The monoisotopic (exact) mass is 426 g/mol. The van der Waals surface area contributed by atoms with Crippen LogP contribution in [0, 0.1) is 0 Å². The lowest BCUT2D eigenvalue weighted by Gasteiger charge is -2.12. The average Bonchev–Trinajstić information content (AvgIpc) is 2.80. The second-order valence-electron chi connectivity index (χ2n) is 7.89. The van der Waals surface area contributed by atoms with Crippen LogP contribution < -0.4 is 14.2 Å². The van der Waals surface area contributed by atoms with E-state index in [0.29, 0.717) is 30.3 Å². The molecule has 0 saturated carbocycles. The second kappa shape index (κ2) is 15.3. The lowest BCUT2D eigenvalue weighted by Crippen LogP contribution is -2.10. The van der Waals surface area contributed by atoms with E-state index in [1.165, 1.54) is 44.9 Å². The molecule has 0 fully saturated rings. The fraction of sp³-hybridized carbons (Fsp3) is 0.519. The molecule has 2 rings (SSSR count). The van der Waals surface area contributed by atoms with E-state index in [9.17, 15) is 4.79 Å². The maximum absolute atomic E-state index is 12.6. The number of hydrogen-bond donors (Lipinski definition) is 0. The third kappa shape index (κ3) is 9.91. The van der Waals surface area contributed by atoms with E-state index >= 15 is 0 Å². The molecular weight excluding hydrogens is 388 g/mol. The molecule has 0 atom stereocenters. The van der Waals surface area contributed by atoms with Gasteiger partial charge in [-0.15, -0.1) is 0 Å². The van der Waals surface area contributed by atoms with Gasteiger partial charge in [0.25, 0.3) is 0 Å². The molecule has 0 aromatic heterocycles. The van der Waals surface area contributed by atoms with Gasteiger partial charge in [-0.1, -0.05) is 77.3 Å². The van der Waals surface area contributed by atoms with Crippen LogP contribution in [0.3, 0.4) is 0 Å². The fourth-order valence-corrected chi connectivity index (χ4v) is 3.28. The summed E-state index contributed by atoms with van der Waals surface area (Å²) < 4.78 is 17.2. The van der Waals surface area contributed by atoms with Gasteiger partial charge in [-0.25, -0.2) is 4.79 Å². The Kier molecular flexibility index (Phi) is 12.3. The van der Waals surface area contributed by atoms with E-state index < -0.39 is 5.97 Å². The predicted octanol–water partition coefficient (Wildman–Crippen LogP) is 7.60. The SMILES string of the molecule is CCCCCCCCOc1ccc(C(=O)Oc2ccccc2OCCCCCC)cc1. The zero-order valence-electron chi connectivity index (χ0n) is 19.2. The third-order valence-electron chi connectivity index (χ3n) is 5.16. The third-order valence-corrected chi connectivity index (χ3v) is 5.16. The molecule has 0 unspecified atom stereocenters. The van der Waals surface area contributed by atoms with Crippen molar-refractivity contribution in [2.75, 3.05) is 13.2 Å². The van der Waals surface area contributed by atoms with Crippen LogP contribution in [0.2, 0.25) is 0 Å². The molecule has 0 spiro atoms. The summed E-state index contributed by atoms with van der Waals surface area (Å²) in [6.07, 6.45) is 12.0. The van der Waals surface area contributed by atoms with Crippen LogP contribution in [-0.2, 0) is 0 Å². The van der Waals surface area contributed by atoms with E-state index in [4.69, 9.17) is 14.2 Å². The number of benzene rings is 2. The van der Waals surface area contributed by atoms with Crippen molar-refractivity contribution in [3.63, 3.8) is 0 Å². The van der Waals surface area contributed by atoms with Crippen LogP contribution in [0.25, 0.3) is 0 Å². The van der Waals surface area contributed by atoms with Gasteiger partial charge in [0.1, 0.15) is 5.75 Å². The van der Waals surface area contributed by atoms with E-state index in [-0.39, 0.29) is 0 Å². The average molecular weight is 427 g/mol. The van der Waals surface area contributed by atoms with Crippen LogP contribution in [-0.4, -0.2) is 19.2 Å². The summed E-state index contributed by atoms with van der Waals surface area (Å²) in [6, 6.07) is 14.5. The molecule has 0 saturated heterocycles. The van der Waals surface area contributed by atoms with E-state index in [1.807, 2.05) is 30.3 Å². The maximum Gasteiger partial charge on any atom is 0.343 e. The van der Waals surface area contributed by atoms with E-state index in [0.717, 1.165) is 25.0 Å². The molecule has 0 aliphatic heterocycles. The molecule has 0 radical (unpaired) electrons. The van der Waals surface area contributed by atoms with Crippen molar-refractivity contribution in [3.05, 3.63) is 54.1 Å². The van der Waals surface area contributed by atoms with Crippen LogP contribution in [0.15, 0.2) is 48.5 Å². The number of esters is 1.